The van der Waals surface area contributed by atoms with Gasteiger partial charge in [-0.05, 0) is 57.5 Å². The van der Waals surface area contributed by atoms with Gasteiger partial charge in [-0.15, -0.1) is 0 Å². The molecular weight excluding hydrogens is 418 g/mol. The number of amides is 1. The Morgan fingerprint density at radius 1 is 1.24 bits per heavy atom. The fourth-order valence-electron chi connectivity index (χ4n) is 4.42. The molecule has 1 aromatic carbocycles. The van der Waals surface area contributed by atoms with Gasteiger partial charge in [0.2, 0.25) is 11.9 Å². The molecule has 0 saturated heterocycles. The number of nitrogens with one attached hydrogen (secondary N) is 3. The number of ether oxygens (including phenoxy) is 1. The first-order chi connectivity index (χ1) is 15.8. The molecule has 176 valence electrons. The lowest BCUT2D eigenvalue weighted by Gasteiger charge is -2.62. The zero-order chi connectivity index (χ0) is 23.6. The quantitative estimate of drug-likeness (QED) is 0.448. The first-order valence-electron chi connectivity index (χ1n) is 11.2. The molecule has 3 fully saturated rings. The summed E-state index contributed by atoms with van der Waals surface area (Å²) >= 11 is 0. The van der Waals surface area contributed by atoms with Crippen molar-refractivity contribution < 1.29 is 9.53 Å². The second kappa shape index (κ2) is 9.27. The van der Waals surface area contributed by atoms with Gasteiger partial charge in [0.15, 0.2) is 0 Å². The van der Waals surface area contributed by atoms with E-state index in [0.29, 0.717) is 23.1 Å². The van der Waals surface area contributed by atoms with Gasteiger partial charge in [-0.25, -0.2) is 4.98 Å². The Morgan fingerprint density at radius 3 is 2.61 bits per heavy atom. The van der Waals surface area contributed by atoms with Gasteiger partial charge in [-0.3, -0.25) is 4.79 Å². The topological polar surface area (TPSA) is 94.6 Å². The molecule has 1 heterocycles. The number of aromatic nitrogens is 2. The highest BCUT2D eigenvalue weighted by Crippen LogP contribution is 2.58. The number of likely N-dealkylation sites (N-methyl/N-ethyl adjacent to an activating group) is 2. The van der Waals surface area contributed by atoms with Crippen molar-refractivity contribution >= 4 is 34.7 Å². The van der Waals surface area contributed by atoms with Crippen molar-refractivity contribution in [2.75, 3.05) is 62.2 Å². The largest absolute Gasteiger partial charge is 0.494 e. The summed E-state index contributed by atoms with van der Waals surface area (Å²) in [6.45, 7) is 5.21. The van der Waals surface area contributed by atoms with Crippen LogP contribution >= 0.6 is 0 Å². The average molecular weight is 452 g/mol. The van der Waals surface area contributed by atoms with Crippen LogP contribution in [0.4, 0.5) is 28.8 Å². The van der Waals surface area contributed by atoms with Gasteiger partial charge in [-0.1, -0.05) is 6.58 Å². The maximum Gasteiger partial charge on any atom is 0.247 e. The highest BCUT2D eigenvalue weighted by atomic mass is 16.5. The molecule has 9 nitrogen and oxygen atoms in total. The highest BCUT2D eigenvalue weighted by Gasteiger charge is 2.56. The van der Waals surface area contributed by atoms with E-state index in [1.807, 2.05) is 39.3 Å². The molecule has 9 heteroatoms. The zero-order valence-corrected chi connectivity index (χ0v) is 19.8. The lowest BCUT2D eigenvalue weighted by atomic mass is 9.50. The molecule has 3 aliphatic carbocycles. The molecule has 3 aliphatic rings. The molecule has 1 amide bonds. The second-order valence-corrected chi connectivity index (χ2v) is 9.26. The SMILES string of the molecule is C=CC(=O)Nc1cc(Nc2nccc(NC34CC(C3)C4)n2)c(OC)cc1N(C)CCN(C)C. The molecule has 2 aromatic rings. The minimum Gasteiger partial charge on any atom is -0.494 e. The van der Waals surface area contributed by atoms with Crippen molar-refractivity contribution in [3.63, 3.8) is 0 Å². The van der Waals surface area contributed by atoms with Crippen molar-refractivity contribution in [3.05, 3.63) is 37.1 Å². The van der Waals surface area contributed by atoms with Crippen LogP contribution in [0, 0.1) is 5.92 Å². The molecule has 2 bridgehead atoms. The fourth-order valence-corrected chi connectivity index (χ4v) is 4.42. The maximum atomic E-state index is 12.1. The van der Waals surface area contributed by atoms with Crippen molar-refractivity contribution in [2.24, 2.45) is 5.92 Å². The van der Waals surface area contributed by atoms with Gasteiger partial charge in [-0.2, -0.15) is 4.98 Å². The second-order valence-electron chi connectivity index (χ2n) is 9.26. The monoisotopic (exact) mass is 451 g/mol. The molecule has 0 spiro atoms. The Labute approximate surface area is 195 Å². The van der Waals surface area contributed by atoms with Crippen molar-refractivity contribution in [1.29, 1.82) is 0 Å². The van der Waals surface area contributed by atoms with E-state index in [0.717, 1.165) is 30.5 Å². The fraction of sp³-hybridized carbons (Fsp3) is 0.458. The lowest BCUT2D eigenvalue weighted by Crippen LogP contribution is -2.63. The first-order valence-corrected chi connectivity index (χ1v) is 11.2. The summed E-state index contributed by atoms with van der Waals surface area (Å²) in [6, 6.07) is 5.63. The van der Waals surface area contributed by atoms with E-state index in [9.17, 15) is 4.79 Å². The Balaban J connectivity index is 1.59. The van der Waals surface area contributed by atoms with Crippen LogP contribution in [0.2, 0.25) is 0 Å². The summed E-state index contributed by atoms with van der Waals surface area (Å²) < 4.78 is 5.66. The zero-order valence-electron chi connectivity index (χ0n) is 19.8. The number of benzene rings is 1. The van der Waals surface area contributed by atoms with Crippen LogP contribution < -0.4 is 25.6 Å². The number of carbonyl (C=O) groups excluding carboxylic acids is 1. The summed E-state index contributed by atoms with van der Waals surface area (Å²) in [5.41, 5.74) is 2.38. The summed E-state index contributed by atoms with van der Waals surface area (Å²) in [5, 5.41) is 9.73. The van der Waals surface area contributed by atoms with Crippen LogP contribution in [-0.4, -0.2) is 67.7 Å². The molecule has 3 N–H and O–H groups in total. The van der Waals surface area contributed by atoms with Crippen LogP contribution in [-0.2, 0) is 4.79 Å². The van der Waals surface area contributed by atoms with Crippen molar-refractivity contribution in [2.45, 2.75) is 24.8 Å². The number of hydrogen-bond donors (Lipinski definition) is 3. The number of anilines is 5. The van der Waals surface area contributed by atoms with Crippen molar-refractivity contribution in [1.82, 2.24) is 14.9 Å². The standard InChI is InChI=1S/C24H33N7O2/c1-6-22(32)26-17-11-18(20(33-5)12-19(17)31(4)10-9-30(2)3)27-23-25-8-7-21(28-23)29-24-13-16(14-24)15-24/h6-8,11-12,16H,1,9-10,13-15H2,2-5H3,(H,26,32)(H2,25,27,28,29). The molecule has 3 saturated carbocycles. The predicted molar refractivity (Wildman–Crippen MR) is 133 cm³/mol. The number of methoxy groups -OCH3 is 1. The van der Waals surface area contributed by atoms with Gasteiger partial charge in [0, 0.05) is 37.9 Å². The van der Waals surface area contributed by atoms with E-state index in [2.05, 4.69) is 42.3 Å². The van der Waals surface area contributed by atoms with Crippen molar-refractivity contribution in [3.8, 4) is 5.75 Å². The molecule has 0 unspecified atom stereocenters. The van der Waals surface area contributed by atoms with E-state index in [1.165, 1.54) is 25.3 Å². The number of hydrogen-bond acceptors (Lipinski definition) is 8. The van der Waals surface area contributed by atoms with Crippen LogP contribution in [0.1, 0.15) is 19.3 Å². The average Bonchev–Trinajstić information content (AvgIpc) is 2.74. The molecule has 0 radical (unpaired) electrons. The Hall–Kier alpha value is -3.33. The predicted octanol–water partition coefficient (Wildman–Crippen LogP) is 3.32. The van der Waals surface area contributed by atoms with Crippen LogP contribution in [0.5, 0.6) is 5.75 Å². The van der Waals surface area contributed by atoms with Gasteiger partial charge in [0.1, 0.15) is 11.6 Å². The third-order valence-electron chi connectivity index (χ3n) is 6.39. The molecule has 0 aliphatic heterocycles. The molecule has 5 rings (SSSR count). The number of rotatable bonds is 11. The number of carbonyl (C=O) groups is 1. The smallest absolute Gasteiger partial charge is 0.247 e. The summed E-state index contributed by atoms with van der Waals surface area (Å²) in [5.74, 6) is 2.50. The van der Waals surface area contributed by atoms with E-state index < -0.39 is 0 Å². The minimum atomic E-state index is -0.283. The molecule has 0 atom stereocenters. The van der Waals surface area contributed by atoms with E-state index in [-0.39, 0.29) is 11.4 Å². The maximum absolute atomic E-state index is 12.1. The van der Waals surface area contributed by atoms with E-state index >= 15 is 0 Å². The van der Waals surface area contributed by atoms with Gasteiger partial charge >= 0.3 is 0 Å². The van der Waals surface area contributed by atoms with Crippen LogP contribution in [0.3, 0.4) is 0 Å². The normalized spacial score (nSPS) is 20.3. The molecular formula is C24H33N7O2. The van der Waals surface area contributed by atoms with Gasteiger partial charge in [0.25, 0.3) is 0 Å². The van der Waals surface area contributed by atoms with E-state index in [4.69, 9.17) is 4.74 Å². The summed E-state index contributed by atoms with van der Waals surface area (Å²) in [6.07, 6.45) is 6.66. The first kappa shape index (κ1) is 22.8. The molecule has 33 heavy (non-hydrogen) atoms. The van der Waals surface area contributed by atoms with Crippen LogP contribution in [0.15, 0.2) is 37.1 Å². The minimum absolute atomic E-state index is 0.231. The highest BCUT2D eigenvalue weighted by molar-refractivity contribution is 6.02. The number of nitrogens with zero attached hydrogens (tertiary/aromatic N) is 4. The Morgan fingerprint density at radius 2 is 2.00 bits per heavy atom. The van der Waals surface area contributed by atoms with Crippen LogP contribution in [0.25, 0.3) is 0 Å². The third-order valence-corrected chi connectivity index (χ3v) is 6.39. The van der Waals surface area contributed by atoms with Gasteiger partial charge in [0.05, 0.1) is 24.2 Å². The molecule has 1 aromatic heterocycles. The van der Waals surface area contributed by atoms with E-state index in [1.54, 1.807) is 13.3 Å². The third kappa shape index (κ3) is 5.03. The Kier molecular flexibility index (Phi) is 6.42. The lowest BCUT2D eigenvalue weighted by molar-refractivity contribution is -0.111. The summed E-state index contributed by atoms with van der Waals surface area (Å²) in [4.78, 5) is 25.3. The summed E-state index contributed by atoms with van der Waals surface area (Å²) in [7, 11) is 7.66. The Bertz CT molecular complexity index is 1020. The van der Waals surface area contributed by atoms with Gasteiger partial charge < -0.3 is 30.5 Å².